The van der Waals surface area contributed by atoms with E-state index < -0.39 is 0 Å². The van der Waals surface area contributed by atoms with Crippen LogP contribution in [0.5, 0.6) is 11.5 Å². The summed E-state index contributed by atoms with van der Waals surface area (Å²) in [6, 6.07) is 5.78. The van der Waals surface area contributed by atoms with E-state index >= 15 is 0 Å². The van der Waals surface area contributed by atoms with E-state index in [0.29, 0.717) is 6.79 Å². The first kappa shape index (κ1) is 13.9. The van der Waals surface area contributed by atoms with Crippen molar-refractivity contribution in [2.24, 2.45) is 0 Å². The summed E-state index contributed by atoms with van der Waals surface area (Å²) in [4.78, 5) is 2.19. The fourth-order valence-electron chi connectivity index (χ4n) is 2.03. The number of thiocarbonyl (C=S) groups is 1. The third-order valence-electron chi connectivity index (χ3n) is 2.90. The lowest BCUT2D eigenvalue weighted by molar-refractivity contribution is 0.174. The Hall–Kier alpha value is -1.49. The molecule has 19 heavy (non-hydrogen) atoms. The molecule has 0 aliphatic carbocycles. The molecule has 0 amide bonds. The van der Waals surface area contributed by atoms with Crippen LogP contribution in [-0.2, 0) is 0 Å². The summed E-state index contributed by atoms with van der Waals surface area (Å²) in [6.07, 6.45) is 2.17. The first-order valence-corrected chi connectivity index (χ1v) is 7.11. The largest absolute Gasteiger partial charge is 0.454 e. The predicted molar refractivity (Wildman–Crippen MR) is 80.9 cm³/mol. The van der Waals surface area contributed by atoms with Gasteiger partial charge in [0.15, 0.2) is 16.6 Å². The highest BCUT2D eigenvalue weighted by atomic mass is 32.1. The van der Waals surface area contributed by atoms with Crippen molar-refractivity contribution in [2.45, 2.75) is 26.7 Å². The number of hydrogen-bond acceptors (Lipinski definition) is 3. The number of nitrogens with zero attached hydrogens (tertiary/aromatic N) is 1. The lowest BCUT2D eigenvalue weighted by Crippen LogP contribution is -2.35. The average Bonchev–Trinajstić information content (AvgIpc) is 2.86. The minimum absolute atomic E-state index is 0.293. The van der Waals surface area contributed by atoms with Gasteiger partial charge in [-0.25, -0.2) is 0 Å². The summed E-state index contributed by atoms with van der Waals surface area (Å²) in [7, 11) is 0. The van der Waals surface area contributed by atoms with Crippen LogP contribution < -0.4 is 14.8 Å². The molecular formula is C14H20N2O2S. The second-order valence-electron chi connectivity index (χ2n) is 4.49. The minimum atomic E-state index is 0.293. The fourth-order valence-corrected chi connectivity index (χ4v) is 2.33. The molecule has 4 nitrogen and oxygen atoms in total. The maximum Gasteiger partial charge on any atom is 0.231 e. The molecule has 1 aromatic rings. The Kier molecular flexibility index (Phi) is 4.85. The van der Waals surface area contributed by atoms with Crippen molar-refractivity contribution >= 4 is 23.0 Å². The van der Waals surface area contributed by atoms with Gasteiger partial charge in [0, 0.05) is 24.8 Å². The molecule has 0 aromatic heterocycles. The van der Waals surface area contributed by atoms with Gasteiger partial charge in [-0.2, -0.15) is 0 Å². The second kappa shape index (κ2) is 6.61. The zero-order valence-corrected chi connectivity index (χ0v) is 12.3. The topological polar surface area (TPSA) is 33.7 Å². The van der Waals surface area contributed by atoms with Gasteiger partial charge in [-0.1, -0.05) is 13.8 Å². The van der Waals surface area contributed by atoms with Gasteiger partial charge in [0.2, 0.25) is 6.79 Å². The molecule has 1 aliphatic rings. The standard InChI is InChI=1S/C14H20N2O2S/c1-3-7-16(8-4-2)14(19)15-11-5-6-12-13(9-11)18-10-17-12/h5-6,9H,3-4,7-8,10H2,1-2H3,(H,15,19). The molecular weight excluding hydrogens is 260 g/mol. The number of fused-ring (bicyclic) bond motifs is 1. The summed E-state index contributed by atoms with van der Waals surface area (Å²) < 4.78 is 10.6. The van der Waals surface area contributed by atoms with Crippen LogP contribution in [-0.4, -0.2) is 29.9 Å². The van der Waals surface area contributed by atoms with Crippen molar-refractivity contribution in [1.29, 1.82) is 0 Å². The van der Waals surface area contributed by atoms with Crippen molar-refractivity contribution < 1.29 is 9.47 Å². The highest BCUT2D eigenvalue weighted by molar-refractivity contribution is 7.80. The Morgan fingerprint density at radius 1 is 1.21 bits per heavy atom. The molecule has 0 spiro atoms. The third kappa shape index (κ3) is 3.50. The molecule has 0 fully saturated rings. The van der Waals surface area contributed by atoms with Crippen LogP contribution in [0.25, 0.3) is 0 Å². The van der Waals surface area contributed by atoms with Gasteiger partial charge in [0.25, 0.3) is 0 Å². The lowest BCUT2D eigenvalue weighted by atomic mass is 10.3. The first-order valence-electron chi connectivity index (χ1n) is 6.70. The molecule has 0 bridgehead atoms. The van der Waals surface area contributed by atoms with Crippen LogP contribution in [0.15, 0.2) is 18.2 Å². The highest BCUT2D eigenvalue weighted by Gasteiger charge is 2.14. The van der Waals surface area contributed by atoms with Crippen LogP contribution in [0.4, 0.5) is 5.69 Å². The maximum atomic E-state index is 5.46. The second-order valence-corrected chi connectivity index (χ2v) is 4.87. The lowest BCUT2D eigenvalue weighted by Gasteiger charge is -2.25. The molecule has 5 heteroatoms. The zero-order valence-electron chi connectivity index (χ0n) is 11.4. The van der Waals surface area contributed by atoms with Crippen molar-refractivity contribution in [3.05, 3.63) is 18.2 Å². The predicted octanol–water partition coefficient (Wildman–Crippen LogP) is 3.23. The van der Waals surface area contributed by atoms with Gasteiger partial charge in [0.1, 0.15) is 0 Å². The minimum Gasteiger partial charge on any atom is -0.454 e. The Labute approximate surface area is 119 Å². The molecule has 0 atom stereocenters. The summed E-state index contributed by atoms with van der Waals surface area (Å²) in [6.45, 7) is 6.56. The van der Waals surface area contributed by atoms with Crippen molar-refractivity contribution in [3.63, 3.8) is 0 Å². The molecule has 0 saturated carbocycles. The van der Waals surface area contributed by atoms with Gasteiger partial charge >= 0.3 is 0 Å². The molecule has 2 rings (SSSR count). The van der Waals surface area contributed by atoms with E-state index in [1.54, 1.807) is 0 Å². The van der Waals surface area contributed by atoms with E-state index in [-0.39, 0.29) is 0 Å². The maximum absolute atomic E-state index is 5.46. The number of anilines is 1. The molecule has 0 unspecified atom stereocenters. The normalized spacial score (nSPS) is 12.3. The molecule has 1 aliphatic heterocycles. The number of hydrogen-bond donors (Lipinski definition) is 1. The molecule has 1 heterocycles. The van der Waals surface area contributed by atoms with Crippen LogP contribution >= 0.6 is 12.2 Å². The van der Waals surface area contributed by atoms with Gasteiger partial charge in [-0.15, -0.1) is 0 Å². The highest BCUT2D eigenvalue weighted by Crippen LogP contribution is 2.34. The molecule has 1 N–H and O–H groups in total. The third-order valence-corrected chi connectivity index (χ3v) is 3.26. The van der Waals surface area contributed by atoms with Gasteiger partial charge in [-0.3, -0.25) is 0 Å². The first-order chi connectivity index (χ1) is 9.24. The Balaban J connectivity index is 2.01. The summed E-state index contributed by atoms with van der Waals surface area (Å²) in [5.74, 6) is 1.56. The van der Waals surface area contributed by atoms with E-state index in [2.05, 4.69) is 24.1 Å². The van der Waals surface area contributed by atoms with E-state index in [9.17, 15) is 0 Å². The average molecular weight is 280 g/mol. The summed E-state index contributed by atoms with van der Waals surface area (Å²) in [5, 5.41) is 4.03. The summed E-state index contributed by atoms with van der Waals surface area (Å²) in [5.41, 5.74) is 0.937. The van der Waals surface area contributed by atoms with E-state index in [1.165, 1.54) is 0 Å². The smallest absolute Gasteiger partial charge is 0.231 e. The van der Waals surface area contributed by atoms with Gasteiger partial charge < -0.3 is 19.7 Å². The number of nitrogens with one attached hydrogen (secondary N) is 1. The SMILES string of the molecule is CCCN(CCC)C(=S)Nc1ccc2c(c1)OCO2. The van der Waals surface area contributed by atoms with Gasteiger partial charge in [0.05, 0.1) is 0 Å². The van der Waals surface area contributed by atoms with Crippen molar-refractivity contribution in [1.82, 2.24) is 4.90 Å². The van der Waals surface area contributed by atoms with Gasteiger partial charge in [-0.05, 0) is 37.2 Å². The molecule has 1 aromatic carbocycles. The molecule has 104 valence electrons. The monoisotopic (exact) mass is 280 g/mol. The quantitative estimate of drug-likeness (QED) is 0.837. The molecule has 0 radical (unpaired) electrons. The van der Waals surface area contributed by atoms with Crippen LogP contribution in [0.1, 0.15) is 26.7 Å². The molecule has 0 saturated heterocycles. The Morgan fingerprint density at radius 3 is 2.58 bits per heavy atom. The fraction of sp³-hybridized carbons (Fsp3) is 0.500. The van der Waals surface area contributed by atoms with Crippen LogP contribution in [0.2, 0.25) is 0 Å². The van der Waals surface area contributed by atoms with Crippen LogP contribution in [0, 0.1) is 0 Å². The van der Waals surface area contributed by atoms with Crippen LogP contribution in [0.3, 0.4) is 0 Å². The number of rotatable bonds is 5. The van der Waals surface area contributed by atoms with Crippen molar-refractivity contribution in [2.75, 3.05) is 25.2 Å². The van der Waals surface area contributed by atoms with Crippen molar-refractivity contribution in [3.8, 4) is 11.5 Å². The summed E-state index contributed by atoms with van der Waals surface area (Å²) >= 11 is 5.46. The van der Waals surface area contributed by atoms with E-state index in [4.69, 9.17) is 21.7 Å². The number of benzene rings is 1. The van der Waals surface area contributed by atoms with E-state index in [0.717, 1.165) is 48.2 Å². The Morgan fingerprint density at radius 2 is 1.89 bits per heavy atom. The number of ether oxygens (including phenoxy) is 2. The Bertz CT molecular complexity index is 445. The zero-order chi connectivity index (χ0) is 13.7. The van der Waals surface area contributed by atoms with E-state index in [1.807, 2.05) is 18.2 Å².